The Bertz CT molecular complexity index is 332. The van der Waals surface area contributed by atoms with Crippen molar-refractivity contribution in [2.75, 3.05) is 0 Å². The fourth-order valence-corrected chi connectivity index (χ4v) is 2.48. The Morgan fingerprint density at radius 2 is 2.19 bits per heavy atom. The molecule has 0 bridgehead atoms. The van der Waals surface area contributed by atoms with Crippen LogP contribution in [-0.4, -0.2) is 11.0 Å². The molecule has 0 spiro atoms. The van der Waals surface area contributed by atoms with Crippen molar-refractivity contribution in [3.8, 4) is 0 Å². The molecule has 0 aliphatic rings. The monoisotopic (exact) mass is 238 g/mol. The summed E-state index contributed by atoms with van der Waals surface area (Å²) >= 11 is 1.73. The molecule has 0 saturated heterocycles. The number of nitrogens with zero attached hydrogens (tertiary/aromatic N) is 1. The van der Waals surface area contributed by atoms with Gasteiger partial charge in [0.2, 0.25) is 0 Å². The minimum Gasteiger partial charge on any atom is -0.305 e. The smallest absolute Gasteiger partial charge is 0.110 e. The first-order chi connectivity index (χ1) is 7.54. The number of allylic oxidation sites excluding steroid dienone is 1. The second kappa shape index (κ2) is 6.16. The summed E-state index contributed by atoms with van der Waals surface area (Å²) in [4.78, 5) is 4.50. The summed E-state index contributed by atoms with van der Waals surface area (Å²) in [6.07, 6.45) is 3.04. The summed E-state index contributed by atoms with van der Waals surface area (Å²) in [5, 5.41) is 6.87. The average molecular weight is 238 g/mol. The maximum Gasteiger partial charge on any atom is 0.110 e. The molecular formula is C13H22N2S. The lowest BCUT2D eigenvalue weighted by Crippen LogP contribution is -2.34. The van der Waals surface area contributed by atoms with Gasteiger partial charge in [-0.2, -0.15) is 0 Å². The normalized spacial score (nSPS) is 16.8. The Balaban J connectivity index is 2.50. The molecule has 1 N–H and O–H groups in total. The van der Waals surface area contributed by atoms with Crippen molar-refractivity contribution in [3.05, 3.63) is 28.7 Å². The van der Waals surface area contributed by atoms with Gasteiger partial charge >= 0.3 is 0 Å². The van der Waals surface area contributed by atoms with Gasteiger partial charge in [0.05, 0.1) is 6.04 Å². The highest BCUT2D eigenvalue weighted by atomic mass is 32.1. The molecule has 1 heterocycles. The van der Waals surface area contributed by atoms with E-state index in [9.17, 15) is 0 Å². The predicted octanol–water partition coefficient (Wildman–Crippen LogP) is 3.70. The van der Waals surface area contributed by atoms with Crippen molar-refractivity contribution < 1.29 is 0 Å². The highest BCUT2D eigenvalue weighted by Gasteiger charge is 2.16. The third-order valence-electron chi connectivity index (χ3n) is 2.91. The van der Waals surface area contributed by atoms with E-state index in [4.69, 9.17) is 0 Å². The lowest BCUT2D eigenvalue weighted by molar-refractivity contribution is 0.369. The topological polar surface area (TPSA) is 24.9 Å². The van der Waals surface area contributed by atoms with Crippen LogP contribution in [-0.2, 0) is 0 Å². The molecule has 1 aromatic rings. The molecule has 2 nitrogen and oxygen atoms in total. The van der Waals surface area contributed by atoms with Crippen molar-refractivity contribution in [3.63, 3.8) is 0 Å². The van der Waals surface area contributed by atoms with Gasteiger partial charge in [0, 0.05) is 17.1 Å². The van der Waals surface area contributed by atoms with Gasteiger partial charge in [0.15, 0.2) is 0 Å². The van der Waals surface area contributed by atoms with Crippen LogP contribution in [0, 0.1) is 12.8 Å². The zero-order chi connectivity index (χ0) is 12.1. The Labute approximate surface area is 103 Å². The SMILES string of the molecule is C=CCC(C)C(C)NC(C)c1nc(C)cs1. The van der Waals surface area contributed by atoms with Crippen LogP contribution in [0.4, 0.5) is 0 Å². The molecule has 90 valence electrons. The van der Waals surface area contributed by atoms with Crippen LogP contribution in [0.1, 0.15) is 43.9 Å². The third-order valence-corrected chi connectivity index (χ3v) is 4.06. The van der Waals surface area contributed by atoms with E-state index in [-0.39, 0.29) is 0 Å². The van der Waals surface area contributed by atoms with Gasteiger partial charge in [-0.05, 0) is 33.1 Å². The molecule has 0 aliphatic heterocycles. The van der Waals surface area contributed by atoms with Crippen LogP contribution in [0.25, 0.3) is 0 Å². The largest absolute Gasteiger partial charge is 0.305 e. The summed E-state index contributed by atoms with van der Waals surface area (Å²) < 4.78 is 0. The molecule has 16 heavy (non-hydrogen) atoms. The van der Waals surface area contributed by atoms with Crippen molar-refractivity contribution >= 4 is 11.3 Å². The third kappa shape index (κ3) is 3.72. The molecule has 0 fully saturated rings. The van der Waals surface area contributed by atoms with E-state index < -0.39 is 0 Å². The highest BCUT2D eigenvalue weighted by molar-refractivity contribution is 7.09. The average Bonchev–Trinajstić information content (AvgIpc) is 2.65. The van der Waals surface area contributed by atoms with Crippen LogP contribution in [0.5, 0.6) is 0 Å². The van der Waals surface area contributed by atoms with Crippen LogP contribution in [0.3, 0.4) is 0 Å². The number of hydrogen-bond acceptors (Lipinski definition) is 3. The van der Waals surface area contributed by atoms with Crippen LogP contribution < -0.4 is 5.32 Å². The Hall–Kier alpha value is -0.670. The van der Waals surface area contributed by atoms with Crippen molar-refractivity contribution in [1.82, 2.24) is 10.3 Å². The quantitative estimate of drug-likeness (QED) is 0.764. The number of thiazole rings is 1. The van der Waals surface area contributed by atoms with Gasteiger partial charge in [0.25, 0.3) is 0 Å². The molecule has 1 rings (SSSR count). The van der Waals surface area contributed by atoms with Gasteiger partial charge in [-0.15, -0.1) is 17.9 Å². The first-order valence-corrected chi connectivity index (χ1v) is 6.71. The summed E-state index contributed by atoms with van der Waals surface area (Å²) in [6.45, 7) is 12.5. The van der Waals surface area contributed by atoms with E-state index in [1.165, 1.54) is 5.01 Å². The van der Waals surface area contributed by atoms with Gasteiger partial charge in [0.1, 0.15) is 5.01 Å². The number of rotatable bonds is 6. The molecule has 0 aromatic carbocycles. The summed E-state index contributed by atoms with van der Waals surface area (Å²) in [6, 6.07) is 0.818. The standard InChI is InChI=1S/C13H22N2S/c1-6-7-9(2)11(4)15-12(5)13-14-10(3)8-16-13/h6,8-9,11-12,15H,1,7H2,2-5H3. The molecule has 3 atom stereocenters. The van der Waals surface area contributed by atoms with E-state index in [0.29, 0.717) is 18.0 Å². The zero-order valence-corrected chi connectivity index (χ0v) is 11.5. The Morgan fingerprint density at radius 3 is 2.69 bits per heavy atom. The first kappa shape index (κ1) is 13.4. The van der Waals surface area contributed by atoms with Crippen molar-refractivity contribution in [1.29, 1.82) is 0 Å². The van der Waals surface area contributed by atoms with Crippen molar-refractivity contribution in [2.24, 2.45) is 5.92 Å². The summed E-state index contributed by atoms with van der Waals surface area (Å²) in [5.74, 6) is 0.612. The molecule has 0 amide bonds. The lowest BCUT2D eigenvalue weighted by atomic mass is 9.99. The number of aromatic nitrogens is 1. The number of nitrogens with one attached hydrogen (secondary N) is 1. The minimum atomic E-state index is 0.334. The van der Waals surface area contributed by atoms with Crippen molar-refractivity contribution in [2.45, 2.75) is 46.2 Å². The summed E-state index contributed by atoms with van der Waals surface area (Å²) in [7, 11) is 0. The predicted molar refractivity (Wildman–Crippen MR) is 71.8 cm³/mol. The highest BCUT2D eigenvalue weighted by Crippen LogP contribution is 2.19. The lowest BCUT2D eigenvalue weighted by Gasteiger charge is -2.23. The van der Waals surface area contributed by atoms with Gasteiger partial charge in [-0.3, -0.25) is 0 Å². The van der Waals surface area contributed by atoms with Gasteiger partial charge in [-0.25, -0.2) is 4.98 Å². The van der Waals surface area contributed by atoms with E-state index in [0.717, 1.165) is 12.1 Å². The van der Waals surface area contributed by atoms with E-state index >= 15 is 0 Å². The van der Waals surface area contributed by atoms with Crippen LogP contribution in [0.15, 0.2) is 18.0 Å². The molecule has 1 aromatic heterocycles. The molecule has 0 saturated carbocycles. The fourth-order valence-electron chi connectivity index (χ4n) is 1.67. The molecule has 3 unspecified atom stereocenters. The van der Waals surface area contributed by atoms with E-state index in [1.807, 2.05) is 13.0 Å². The second-order valence-corrected chi connectivity index (χ2v) is 5.40. The Kier molecular flexibility index (Phi) is 5.16. The number of hydrogen-bond donors (Lipinski definition) is 1. The maximum atomic E-state index is 4.50. The molecule has 0 aliphatic carbocycles. The second-order valence-electron chi connectivity index (χ2n) is 4.51. The molecule has 0 radical (unpaired) electrons. The first-order valence-electron chi connectivity index (χ1n) is 5.83. The maximum absolute atomic E-state index is 4.50. The Morgan fingerprint density at radius 1 is 1.50 bits per heavy atom. The van der Waals surface area contributed by atoms with Crippen LogP contribution >= 0.6 is 11.3 Å². The zero-order valence-electron chi connectivity index (χ0n) is 10.7. The van der Waals surface area contributed by atoms with Crippen LogP contribution in [0.2, 0.25) is 0 Å². The molecule has 3 heteroatoms. The minimum absolute atomic E-state index is 0.334. The van der Waals surface area contributed by atoms with Gasteiger partial charge < -0.3 is 5.32 Å². The number of aryl methyl sites for hydroxylation is 1. The van der Waals surface area contributed by atoms with E-state index in [2.05, 4.69) is 43.0 Å². The summed E-state index contributed by atoms with van der Waals surface area (Å²) in [5.41, 5.74) is 1.11. The van der Waals surface area contributed by atoms with Gasteiger partial charge in [-0.1, -0.05) is 13.0 Å². The fraction of sp³-hybridized carbons (Fsp3) is 0.615. The van der Waals surface area contributed by atoms with E-state index in [1.54, 1.807) is 11.3 Å². The molecular weight excluding hydrogens is 216 g/mol.